The smallest absolute Gasteiger partial charge is 0.254 e. The first-order chi connectivity index (χ1) is 13.6. The van der Waals surface area contributed by atoms with E-state index in [0.29, 0.717) is 11.8 Å². The van der Waals surface area contributed by atoms with Crippen molar-refractivity contribution >= 4 is 11.7 Å². The molecule has 2 atom stereocenters. The number of hydrogen-bond acceptors (Lipinski definition) is 4. The van der Waals surface area contributed by atoms with E-state index in [-0.39, 0.29) is 5.91 Å². The molecule has 2 saturated heterocycles. The van der Waals surface area contributed by atoms with Crippen LogP contribution in [0.5, 0.6) is 0 Å². The number of benzene rings is 1. The van der Waals surface area contributed by atoms with E-state index in [9.17, 15) is 4.79 Å². The predicted molar refractivity (Wildman–Crippen MR) is 113 cm³/mol. The zero-order valence-electron chi connectivity index (χ0n) is 16.9. The summed E-state index contributed by atoms with van der Waals surface area (Å²) in [6.45, 7) is 10.2. The van der Waals surface area contributed by atoms with Gasteiger partial charge in [-0.15, -0.1) is 0 Å². The summed E-state index contributed by atoms with van der Waals surface area (Å²) in [7, 11) is 0. The fourth-order valence-corrected chi connectivity index (χ4v) is 4.74. The van der Waals surface area contributed by atoms with Crippen molar-refractivity contribution in [1.29, 1.82) is 0 Å². The fourth-order valence-electron chi connectivity index (χ4n) is 4.74. The summed E-state index contributed by atoms with van der Waals surface area (Å²) < 4.78 is 0. The highest BCUT2D eigenvalue weighted by molar-refractivity contribution is 5.97. The molecule has 5 heteroatoms. The number of amides is 1. The van der Waals surface area contributed by atoms with Crippen molar-refractivity contribution in [1.82, 2.24) is 14.8 Å². The Morgan fingerprint density at radius 3 is 2.39 bits per heavy atom. The van der Waals surface area contributed by atoms with Crippen molar-refractivity contribution in [3.63, 3.8) is 0 Å². The summed E-state index contributed by atoms with van der Waals surface area (Å²) in [5.74, 6) is 2.41. The first-order valence-corrected chi connectivity index (χ1v) is 10.3. The minimum atomic E-state index is 0.219. The van der Waals surface area contributed by atoms with Gasteiger partial charge in [0.05, 0.1) is 0 Å². The minimum absolute atomic E-state index is 0.219. The van der Waals surface area contributed by atoms with Crippen LogP contribution in [0, 0.1) is 25.7 Å². The maximum atomic E-state index is 13.0. The number of aryl methyl sites for hydroxylation is 2. The molecule has 1 N–H and O–H groups in total. The third-order valence-electron chi connectivity index (χ3n) is 6.17. The highest BCUT2D eigenvalue weighted by Gasteiger charge is 2.41. The van der Waals surface area contributed by atoms with Crippen molar-refractivity contribution in [3.8, 4) is 0 Å². The molecule has 2 fully saturated rings. The lowest BCUT2D eigenvalue weighted by Crippen LogP contribution is -2.34. The van der Waals surface area contributed by atoms with Crippen LogP contribution in [0.2, 0.25) is 0 Å². The van der Waals surface area contributed by atoms with Gasteiger partial charge < -0.3 is 15.1 Å². The molecule has 2 aliphatic rings. The van der Waals surface area contributed by atoms with Gasteiger partial charge in [-0.25, -0.2) is 4.98 Å². The molecule has 0 radical (unpaired) electrons. The van der Waals surface area contributed by atoms with Gasteiger partial charge in [0.1, 0.15) is 5.82 Å². The molecule has 28 heavy (non-hydrogen) atoms. The lowest BCUT2D eigenvalue weighted by atomic mass is 10.0. The SMILES string of the molecule is Cc1cccc(C)c1C(=O)N1CC2CN(CCCNc3ccccn3)CC2C1. The van der Waals surface area contributed by atoms with E-state index in [1.54, 1.807) is 0 Å². The number of fused-ring (bicyclic) bond motifs is 1. The molecular formula is C23H30N4O. The molecule has 0 spiro atoms. The Kier molecular flexibility index (Phi) is 5.62. The first-order valence-electron chi connectivity index (χ1n) is 10.3. The number of aromatic nitrogens is 1. The van der Waals surface area contributed by atoms with E-state index in [1.165, 1.54) is 0 Å². The number of rotatable bonds is 6. The van der Waals surface area contributed by atoms with Crippen LogP contribution in [-0.2, 0) is 0 Å². The lowest BCUT2D eigenvalue weighted by Gasteiger charge is -2.23. The first kappa shape index (κ1) is 18.9. The lowest BCUT2D eigenvalue weighted by molar-refractivity contribution is 0.0772. The summed E-state index contributed by atoms with van der Waals surface area (Å²) in [5, 5.41) is 3.38. The quantitative estimate of drug-likeness (QED) is 0.784. The Morgan fingerprint density at radius 2 is 1.75 bits per heavy atom. The van der Waals surface area contributed by atoms with Crippen LogP contribution < -0.4 is 5.32 Å². The summed E-state index contributed by atoms with van der Waals surface area (Å²) in [5.41, 5.74) is 3.08. The van der Waals surface area contributed by atoms with Crippen LogP contribution in [0.4, 0.5) is 5.82 Å². The van der Waals surface area contributed by atoms with Crippen molar-refractivity contribution in [2.24, 2.45) is 11.8 Å². The fraction of sp³-hybridized carbons (Fsp3) is 0.478. The largest absolute Gasteiger partial charge is 0.370 e. The minimum Gasteiger partial charge on any atom is -0.370 e. The van der Waals surface area contributed by atoms with Crippen LogP contribution in [0.25, 0.3) is 0 Å². The van der Waals surface area contributed by atoms with E-state index in [2.05, 4.69) is 20.1 Å². The van der Waals surface area contributed by atoms with Gasteiger partial charge in [0.15, 0.2) is 0 Å². The van der Waals surface area contributed by atoms with Crippen molar-refractivity contribution < 1.29 is 4.79 Å². The van der Waals surface area contributed by atoms with Crippen LogP contribution in [0.15, 0.2) is 42.6 Å². The van der Waals surface area contributed by atoms with Gasteiger partial charge in [-0.2, -0.15) is 0 Å². The topological polar surface area (TPSA) is 48.5 Å². The van der Waals surface area contributed by atoms with Gasteiger partial charge in [0, 0.05) is 44.5 Å². The number of hydrogen-bond donors (Lipinski definition) is 1. The van der Waals surface area contributed by atoms with Gasteiger partial charge in [-0.05, 0) is 61.9 Å². The number of anilines is 1. The molecule has 1 aromatic heterocycles. The maximum absolute atomic E-state index is 13.0. The second kappa shape index (κ2) is 8.31. The second-order valence-corrected chi connectivity index (χ2v) is 8.25. The zero-order valence-corrected chi connectivity index (χ0v) is 16.9. The number of likely N-dealkylation sites (tertiary alicyclic amines) is 2. The molecule has 2 unspecified atom stereocenters. The monoisotopic (exact) mass is 378 g/mol. The average Bonchev–Trinajstić information content (AvgIpc) is 3.24. The Morgan fingerprint density at radius 1 is 1.04 bits per heavy atom. The normalized spacial score (nSPS) is 21.7. The van der Waals surface area contributed by atoms with Crippen molar-refractivity contribution in [3.05, 3.63) is 59.3 Å². The van der Waals surface area contributed by atoms with E-state index >= 15 is 0 Å². The number of carbonyl (C=O) groups is 1. The van der Waals surface area contributed by atoms with Gasteiger partial charge in [-0.1, -0.05) is 24.3 Å². The molecule has 0 aliphatic carbocycles. The summed E-state index contributed by atoms with van der Waals surface area (Å²) >= 11 is 0. The van der Waals surface area contributed by atoms with Crippen molar-refractivity contribution in [2.75, 3.05) is 44.6 Å². The third kappa shape index (κ3) is 4.04. The Hall–Kier alpha value is -2.40. The Bertz CT molecular complexity index is 788. The molecule has 2 aromatic rings. The van der Waals surface area contributed by atoms with Crippen LogP contribution in [-0.4, -0.2) is 60.0 Å². The summed E-state index contributed by atoms with van der Waals surface area (Å²) in [6, 6.07) is 12.0. The zero-order chi connectivity index (χ0) is 19.5. The van der Waals surface area contributed by atoms with Gasteiger partial charge >= 0.3 is 0 Å². The standard InChI is InChI=1S/C23H30N4O/c1-17-7-5-8-18(2)22(17)23(28)27-15-19-13-26(14-20(19)16-27)12-6-11-25-21-9-3-4-10-24-21/h3-5,7-10,19-20H,6,11-16H2,1-2H3,(H,24,25). The van der Waals surface area contributed by atoms with E-state index < -0.39 is 0 Å². The molecule has 0 bridgehead atoms. The summed E-state index contributed by atoms with van der Waals surface area (Å²) in [6.07, 6.45) is 2.93. The number of nitrogens with one attached hydrogen (secondary N) is 1. The Balaban J connectivity index is 1.24. The predicted octanol–water partition coefficient (Wildman–Crippen LogP) is 3.20. The third-order valence-corrected chi connectivity index (χ3v) is 6.17. The van der Waals surface area contributed by atoms with Crippen LogP contribution in [0.3, 0.4) is 0 Å². The molecule has 4 rings (SSSR count). The molecule has 2 aliphatic heterocycles. The maximum Gasteiger partial charge on any atom is 0.254 e. The molecule has 148 valence electrons. The van der Waals surface area contributed by atoms with Crippen LogP contribution in [0.1, 0.15) is 27.9 Å². The average molecular weight is 379 g/mol. The van der Waals surface area contributed by atoms with E-state index in [4.69, 9.17) is 0 Å². The number of nitrogens with zero attached hydrogens (tertiary/aromatic N) is 3. The molecule has 5 nitrogen and oxygen atoms in total. The van der Waals surface area contributed by atoms with Crippen molar-refractivity contribution in [2.45, 2.75) is 20.3 Å². The number of carbonyl (C=O) groups excluding carboxylic acids is 1. The molecule has 1 aromatic carbocycles. The van der Waals surface area contributed by atoms with Gasteiger partial charge in [0.25, 0.3) is 5.91 Å². The summed E-state index contributed by atoms with van der Waals surface area (Å²) in [4.78, 5) is 22.0. The second-order valence-electron chi connectivity index (χ2n) is 8.25. The van der Waals surface area contributed by atoms with E-state index in [0.717, 1.165) is 68.2 Å². The van der Waals surface area contributed by atoms with Gasteiger partial charge in [0.2, 0.25) is 0 Å². The highest BCUT2D eigenvalue weighted by Crippen LogP contribution is 2.32. The Labute approximate surface area is 167 Å². The molecule has 0 saturated carbocycles. The molecule has 1 amide bonds. The molecule has 3 heterocycles. The van der Waals surface area contributed by atoms with Gasteiger partial charge in [-0.3, -0.25) is 4.79 Å². The van der Waals surface area contributed by atoms with E-state index in [1.807, 2.05) is 56.4 Å². The highest BCUT2D eigenvalue weighted by atomic mass is 16.2. The molecular weight excluding hydrogens is 348 g/mol. The number of pyridine rings is 1. The van der Waals surface area contributed by atoms with Crippen LogP contribution >= 0.6 is 0 Å².